The predicted molar refractivity (Wildman–Crippen MR) is 90.9 cm³/mol. The van der Waals surface area contributed by atoms with E-state index in [1.165, 1.54) is 5.56 Å². The zero-order valence-corrected chi connectivity index (χ0v) is 13.8. The van der Waals surface area contributed by atoms with E-state index >= 15 is 0 Å². The lowest BCUT2D eigenvalue weighted by Gasteiger charge is -2.14. The number of hydrogen-bond donors (Lipinski definition) is 1. The molecule has 0 aliphatic carbocycles. The summed E-state index contributed by atoms with van der Waals surface area (Å²) in [4.78, 5) is 12.1. The number of fused-ring (bicyclic) bond motifs is 1. The summed E-state index contributed by atoms with van der Waals surface area (Å²) in [6.07, 6.45) is 2.79. The number of nitrogens with zero attached hydrogens (tertiary/aromatic N) is 3. The van der Waals surface area contributed by atoms with Crippen LogP contribution in [0, 0.1) is 0 Å². The second kappa shape index (κ2) is 7.12. The van der Waals surface area contributed by atoms with E-state index in [0.29, 0.717) is 11.7 Å². The fourth-order valence-electron chi connectivity index (χ4n) is 2.46. The van der Waals surface area contributed by atoms with Crippen LogP contribution in [0.5, 0.6) is 6.01 Å². The van der Waals surface area contributed by atoms with Crippen LogP contribution in [0.25, 0.3) is 5.65 Å². The number of aryl methyl sites for hydroxylation is 1. The molecule has 0 aliphatic rings. The van der Waals surface area contributed by atoms with Crippen LogP contribution < -0.4 is 10.1 Å². The molecule has 124 valence electrons. The summed E-state index contributed by atoms with van der Waals surface area (Å²) in [7, 11) is 0. The molecule has 0 aliphatic heterocycles. The minimum Gasteiger partial charge on any atom is -0.453 e. The van der Waals surface area contributed by atoms with Crippen LogP contribution in [-0.4, -0.2) is 27.1 Å². The SMILES string of the molecule is CCc1ccc([C@H](C)NC(=O)COc2nnc3ccccn23)cc1. The number of benzene rings is 1. The number of carbonyl (C=O) groups is 1. The third-order valence-corrected chi connectivity index (χ3v) is 3.88. The van der Waals surface area contributed by atoms with Crippen LogP contribution in [0.15, 0.2) is 48.7 Å². The van der Waals surface area contributed by atoms with Crippen LogP contribution in [0.3, 0.4) is 0 Å². The van der Waals surface area contributed by atoms with Crippen molar-refractivity contribution >= 4 is 11.6 Å². The fourth-order valence-corrected chi connectivity index (χ4v) is 2.46. The number of carbonyl (C=O) groups excluding carboxylic acids is 1. The molecule has 0 saturated carbocycles. The van der Waals surface area contributed by atoms with Crippen molar-refractivity contribution in [1.29, 1.82) is 0 Å². The van der Waals surface area contributed by atoms with Gasteiger partial charge < -0.3 is 10.1 Å². The van der Waals surface area contributed by atoms with E-state index < -0.39 is 0 Å². The van der Waals surface area contributed by atoms with Crippen LogP contribution in [0.1, 0.15) is 31.0 Å². The van der Waals surface area contributed by atoms with Gasteiger partial charge in [0.25, 0.3) is 5.91 Å². The molecule has 1 atom stereocenters. The first kappa shape index (κ1) is 16.0. The normalized spacial score (nSPS) is 12.1. The van der Waals surface area contributed by atoms with Crippen LogP contribution >= 0.6 is 0 Å². The van der Waals surface area contributed by atoms with Gasteiger partial charge in [0.2, 0.25) is 0 Å². The molecule has 6 heteroatoms. The summed E-state index contributed by atoms with van der Waals surface area (Å²) in [6, 6.07) is 14.0. The molecule has 0 fully saturated rings. The average Bonchev–Trinajstić information content (AvgIpc) is 3.03. The van der Waals surface area contributed by atoms with Crippen molar-refractivity contribution < 1.29 is 9.53 Å². The van der Waals surface area contributed by atoms with E-state index in [0.717, 1.165) is 12.0 Å². The van der Waals surface area contributed by atoms with Crippen molar-refractivity contribution in [3.05, 3.63) is 59.8 Å². The molecule has 0 saturated heterocycles. The molecule has 2 heterocycles. The van der Waals surface area contributed by atoms with Gasteiger partial charge in [-0.15, -0.1) is 5.10 Å². The van der Waals surface area contributed by atoms with Crippen LogP contribution in [0.4, 0.5) is 0 Å². The number of ether oxygens (including phenoxy) is 1. The number of nitrogens with one attached hydrogen (secondary N) is 1. The van der Waals surface area contributed by atoms with Crippen molar-refractivity contribution in [2.45, 2.75) is 26.3 Å². The molecule has 3 aromatic rings. The average molecular weight is 324 g/mol. The van der Waals surface area contributed by atoms with Gasteiger partial charge in [-0.2, -0.15) is 0 Å². The van der Waals surface area contributed by atoms with E-state index in [1.807, 2.05) is 37.3 Å². The molecule has 0 bridgehead atoms. The van der Waals surface area contributed by atoms with Crippen molar-refractivity contribution in [2.75, 3.05) is 6.61 Å². The molecule has 0 spiro atoms. The summed E-state index contributed by atoms with van der Waals surface area (Å²) >= 11 is 0. The van der Waals surface area contributed by atoms with E-state index in [2.05, 4.69) is 34.6 Å². The first-order chi connectivity index (χ1) is 11.7. The molecule has 24 heavy (non-hydrogen) atoms. The van der Waals surface area contributed by atoms with Gasteiger partial charge in [0.15, 0.2) is 12.3 Å². The van der Waals surface area contributed by atoms with Crippen molar-refractivity contribution in [2.24, 2.45) is 0 Å². The number of aromatic nitrogens is 3. The van der Waals surface area contributed by atoms with Crippen molar-refractivity contribution in [3.8, 4) is 6.01 Å². The summed E-state index contributed by atoms with van der Waals surface area (Å²) in [5, 5.41) is 10.8. The number of rotatable bonds is 6. The zero-order valence-electron chi connectivity index (χ0n) is 13.8. The lowest BCUT2D eigenvalue weighted by Crippen LogP contribution is -2.31. The summed E-state index contributed by atoms with van der Waals surface area (Å²) < 4.78 is 7.17. The van der Waals surface area contributed by atoms with E-state index in [4.69, 9.17) is 4.74 Å². The zero-order chi connectivity index (χ0) is 16.9. The van der Waals surface area contributed by atoms with Gasteiger partial charge in [0.1, 0.15) is 0 Å². The Hall–Kier alpha value is -2.89. The maximum atomic E-state index is 12.1. The molecule has 6 nitrogen and oxygen atoms in total. The van der Waals surface area contributed by atoms with Crippen molar-refractivity contribution in [3.63, 3.8) is 0 Å². The van der Waals surface area contributed by atoms with Gasteiger partial charge in [0.05, 0.1) is 6.04 Å². The van der Waals surface area contributed by atoms with Gasteiger partial charge in [0, 0.05) is 6.20 Å². The Balaban J connectivity index is 1.57. The first-order valence-electron chi connectivity index (χ1n) is 7.98. The lowest BCUT2D eigenvalue weighted by molar-refractivity contribution is -0.123. The highest BCUT2D eigenvalue weighted by Gasteiger charge is 2.12. The van der Waals surface area contributed by atoms with Gasteiger partial charge >= 0.3 is 6.01 Å². The minimum absolute atomic E-state index is 0.0813. The van der Waals surface area contributed by atoms with Gasteiger partial charge in [-0.1, -0.05) is 42.4 Å². The summed E-state index contributed by atoms with van der Waals surface area (Å²) in [5.74, 6) is -0.199. The monoisotopic (exact) mass is 324 g/mol. The maximum Gasteiger partial charge on any atom is 0.322 e. The van der Waals surface area contributed by atoms with Gasteiger partial charge in [-0.25, -0.2) is 0 Å². The molecule has 1 amide bonds. The standard InChI is InChI=1S/C18H20N4O2/c1-3-14-7-9-15(10-8-14)13(2)19-17(23)12-24-18-21-20-16-6-4-5-11-22(16)18/h4-11,13H,3,12H2,1-2H3,(H,19,23)/t13-/m0/s1. The summed E-state index contributed by atoms with van der Waals surface area (Å²) in [5.41, 5.74) is 3.02. The highest BCUT2D eigenvalue weighted by atomic mass is 16.5. The van der Waals surface area contributed by atoms with Gasteiger partial charge in [-0.3, -0.25) is 9.20 Å². The lowest BCUT2D eigenvalue weighted by atomic mass is 10.1. The third-order valence-electron chi connectivity index (χ3n) is 3.88. The minimum atomic E-state index is -0.199. The molecule has 1 N–H and O–H groups in total. The molecule has 1 aromatic carbocycles. The van der Waals surface area contributed by atoms with E-state index in [1.54, 1.807) is 10.6 Å². The second-order valence-corrected chi connectivity index (χ2v) is 5.58. The topological polar surface area (TPSA) is 68.5 Å². The Morgan fingerprint density at radius 2 is 2.00 bits per heavy atom. The predicted octanol–water partition coefficient (Wildman–Crippen LogP) is 2.55. The maximum absolute atomic E-state index is 12.1. The Morgan fingerprint density at radius 1 is 1.21 bits per heavy atom. The fraction of sp³-hybridized carbons (Fsp3) is 0.278. The highest BCUT2D eigenvalue weighted by Crippen LogP contribution is 2.14. The second-order valence-electron chi connectivity index (χ2n) is 5.58. The largest absolute Gasteiger partial charge is 0.453 e. The number of amides is 1. The van der Waals surface area contributed by atoms with E-state index in [9.17, 15) is 4.79 Å². The Kier molecular flexibility index (Phi) is 4.74. The number of pyridine rings is 1. The smallest absolute Gasteiger partial charge is 0.322 e. The van der Waals surface area contributed by atoms with Crippen molar-refractivity contribution in [1.82, 2.24) is 19.9 Å². The molecule has 0 unspecified atom stereocenters. The molecular weight excluding hydrogens is 304 g/mol. The quantitative estimate of drug-likeness (QED) is 0.756. The van der Waals surface area contributed by atoms with E-state index in [-0.39, 0.29) is 18.6 Å². The molecular formula is C18H20N4O2. The highest BCUT2D eigenvalue weighted by molar-refractivity contribution is 5.77. The van der Waals surface area contributed by atoms with Gasteiger partial charge in [-0.05, 0) is 36.6 Å². The van der Waals surface area contributed by atoms with Crippen LogP contribution in [-0.2, 0) is 11.2 Å². The Labute approximate surface area is 140 Å². The molecule has 0 radical (unpaired) electrons. The Bertz CT molecular complexity index is 826. The Morgan fingerprint density at radius 3 is 2.75 bits per heavy atom. The first-order valence-corrected chi connectivity index (χ1v) is 7.98. The van der Waals surface area contributed by atoms with Crippen LogP contribution in [0.2, 0.25) is 0 Å². The summed E-state index contributed by atoms with van der Waals surface area (Å²) in [6.45, 7) is 3.96. The molecule has 2 aromatic heterocycles. The third kappa shape index (κ3) is 3.53. The molecule has 3 rings (SSSR count). The number of hydrogen-bond acceptors (Lipinski definition) is 4.